The molecule has 0 radical (unpaired) electrons. The largest absolute Gasteiger partial charge is 0.379 e. The lowest BCUT2D eigenvalue weighted by Gasteiger charge is -2.12. The lowest BCUT2D eigenvalue weighted by molar-refractivity contribution is 0.521. The van der Waals surface area contributed by atoms with Crippen molar-refractivity contribution in [1.82, 2.24) is 13.9 Å². The lowest BCUT2D eigenvalue weighted by atomic mass is 10.3. The fourth-order valence-electron chi connectivity index (χ4n) is 1.41. The van der Waals surface area contributed by atoms with E-state index >= 15 is 0 Å². The highest BCUT2D eigenvalue weighted by Crippen LogP contribution is 2.17. The normalized spacial score (nSPS) is 11.7. The Kier molecular flexibility index (Phi) is 4.13. The molecule has 1 aromatic heterocycles. The molecule has 0 bridgehead atoms. The molecule has 19 heavy (non-hydrogen) atoms. The predicted octanol–water partition coefficient (Wildman–Crippen LogP) is 1.40. The molecule has 0 aliphatic rings. The summed E-state index contributed by atoms with van der Waals surface area (Å²) in [5.41, 5.74) is 1.70. The monoisotopic (exact) mass is 298 g/mol. The van der Waals surface area contributed by atoms with Crippen molar-refractivity contribution in [2.45, 2.75) is 11.4 Å². The quantitative estimate of drug-likeness (QED) is 0.903. The maximum Gasteiger partial charge on any atom is 0.242 e. The van der Waals surface area contributed by atoms with Crippen molar-refractivity contribution in [3.8, 4) is 0 Å². The van der Waals surface area contributed by atoms with Crippen LogP contribution in [0.5, 0.6) is 0 Å². The topological polar surface area (TPSA) is 75.2 Å². The summed E-state index contributed by atoms with van der Waals surface area (Å²) < 4.78 is 28.7. The Balaban J connectivity index is 2.07. The Bertz CT molecular complexity index is 621. The van der Waals surface area contributed by atoms with E-state index in [1.165, 1.54) is 29.9 Å². The first kappa shape index (κ1) is 13.9. The molecule has 6 nitrogen and oxygen atoms in total. The van der Waals surface area contributed by atoms with Crippen molar-refractivity contribution in [2.75, 3.05) is 19.4 Å². The van der Waals surface area contributed by atoms with Crippen molar-refractivity contribution in [1.29, 1.82) is 0 Å². The highest BCUT2D eigenvalue weighted by atomic mass is 32.2. The van der Waals surface area contributed by atoms with Gasteiger partial charge in [0.2, 0.25) is 10.0 Å². The van der Waals surface area contributed by atoms with Gasteiger partial charge in [0.05, 0.1) is 17.1 Å². The van der Waals surface area contributed by atoms with Crippen molar-refractivity contribution in [3.05, 3.63) is 35.3 Å². The molecular formula is C11H14N4O2S2. The molecule has 2 aromatic rings. The number of hydrogen-bond acceptors (Lipinski definition) is 6. The van der Waals surface area contributed by atoms with Crippen LogP contribution in [0.3, 0.4) is 0 Å². The van der Waals surface area contributed by atoms with Crippen LogP contribution in [0.4, 0.5) is 5.69 Å². The molecule has 8 heteroatoms. The molecule has 0 saturated heterocycles. The van der Waals surface area contributed by atoms with Crippen LogP contribution in [0.2, 0.25) is 0 Å². The van der Waals surface area contributed by atoms with E-state index in [4.69, 9.17) is 0 Å². The van der Waals surface area contributed by atoms with E-state index in [9.17, 15) is 8.42 Å². The van der Waals surface area contributed by atoms with Gasteiger partial charge in [-0.25, -0.2) is 12.7 Å². The molecule has 2 rings (SSSR count). The van der Waals surface area contributed by atoms with Gasteiger partial charge < -0.3 is 5.32 Å². The number of anilines is 1. The van der Waals surface area contributed by atoms with Gasteiger partial charge in [-0.3, -0.25) is 0 Å². The molecule has 0 saturated carbocycles. The first-order valence-corrected chi connectivity index (χ1v) is 7.80. The van der Waals surface area contributed by atoms with Gasteiger partial charge in [-0.1, -0.05) is 4.49 Å². The van der Waals surface area contributed by atoms with Gasteiger partial charge in [0.15, 0.2) is 0 Å². The van der Waals surface area contributed by atoms with E-state index in [0.717, 1.165) is 11.4 Å². The van der Waals surface area contributed by atoms with Gasteiger partial charge >= 0.3 is 0 Å². The molecule has 1 heterocycles. The summed E-state index contributed by atoms with van der Waals surface area (Å²) >= 11 is 1.30. The number of hydrogen-bond donors (Lipinski definition) is 1. The molecule has 0 aliphatic heterocycles. The highest BCUT2D eigenvalue weighted by molar-refractivity contribution is 7.89. The van der Waals surface area contributed by atoms with Crippen molar-refractivity contribution < 1.29 is 8.42 Å². The summed E-state index contributed by atoms with van der Waals surface area (Å²) in [5, 5.41) is 8.92. The molecule has 0 fully saturated rings. The number of sulfonamides is 1. The van der Waals surface area contributed by atoms with E-state index in [0.29, 0.717) is 6.54 Å². The minimum Gasteiger partial charge on any atom is -0.379 e. The average molecular weight is 298 g/mol. The molecule has 0 unspecified atom stereocenters. The number of benzene rings is 1. The molecule has 0 spiro atoms. The summed E-state index contributed by atoms with van der Waals surface area (Å²) in [7, 11) is -0.346. The third kappa shape index (κ3) is 3.28. The zero-order chi connectivity index (χ0) is 13.9. The third-order valence-corrected chi connectivity index (χ3v) is 4.89. The number of nitrogens with one attached hydrogen (secondary N) is 1. The number of nitrogens with zero attached hydrogens (tertiary/aromatic N) is 3. The Morgan fingerprint density at radius 2 is 1.95 bits per heavy atom. The van der Waals surface area contributed by atoms with Crippen molar-refractivity contribution in [2.24, 2.45) is 0 Å². The van der Waals surface area contributed by atoms with E-state index in [-0.39, 0.29) is 4.90 Å². The van der Waals surface area contributed by atoms with Crippen LogP contribution >= 0.6 is 11.5 Å². The van der Waals surface area contributed by atoms with Crippen LogP contribution in [0, 0.1) is 0 Å². The van der Waals surface area contributed by atoms with Gasteiger partial charge in [-0.15, -0.1) is 5.10 Å². The molecule has 1 aromatic carbocycles. The predicted molar refractivity (Wildman–Crippen MR) is 74.6 cm³/mol. The van der Waals surface area contributed by atoms with Crippen LogP contribution in [-0.4, -0.2) is 36.4 Å². The van der Waals surface area contributed by atoms with Gasteiger partial charge in [-0.2, -0.15) is 0 Å². The molecule has 1 N–H and O–H groups in total. The van der Waals surface area contributed by atoms with Crippen LogP contribution in [-0.2, 0) is 16.6 Å². The standard InChI is InChI=1S/C11H14N4O2S2/c1-15(2)19(16,17)11-5-3-9(4-6-11)12-7-10-8-18-14-13-10/h3-6,8,12H,7H2,1-2H3. The van der Waals surface area contributed by atoms with Crippen LogP contribution < -0.4 is 5.32 Å². The molecule has 0 atom stereocenters. The minimum atomic E-state index is -3.37. The maximum absolute atomic E-state index is 11.9. The second-order valence-electron chi connectivity index (χ2n) is 4.06. The summed E-state index contributed by atoms with van der Waals surface area (Å²) in [6.45, 7) is 0.566. The molecular weight excluding hydrogens is 284 g/mol. The van der Waals surface area contributed by atoms with Crippen molar-refractivity contribution >= 4 is 27.2 Å². The highest BCUT2D eigenvalue weighted by Gasteiger charge is 2.16. The zero-order valence-electron chi connectivity index (χ0n) is 10.6. The van der Waals surface area contributed by atoms with Crippen LogP contribution in [0.15, 0.2) is 34.5 Å². The van der Waals surface area contributed by atoms with E-state index in [1.54, 1.807) is 24.3 Å². The van der Waals surface area contributed by atoms with E-state index in [2.05, 4.69) is 14.9 Å². The maximum atomic E-state index is 11.9. The minimum absolute atomic E-state index is 0.276. The van der Waals surface area contributed by atoms with Gasteiger partial charge in [-0.05, 0) is 35.8 Å². The fourth-order valence-corrected chi connectivity index (χ4v) is 2.76. The first-order chi connectivity index (χ1) is 9.00. The number of aromatic nitrogens is 2. The molecule has 102 valence electrons. The SMILES string of the molecule is CN(C)S(=O)(=O)c1ccc(NCc2csnn2)cc1. The van der Waals surface area contributed by atoms with E-state index in [1.807, 2.05) is 5.38 Å². The number of rotatable bonds is 5. The third-order valence-electron chi connectivity index (χ3n) is 2.51. The van der Waals surface area contributed by atoms with Gasteiger partial charge in [0.1, 0.15) is 0 Å². The lowest BCUT2D eigenvalue weighted by Crippen LogP contribution is -2.22. The van der Waals surface area contributed by atoms with Crippen LogP contribution in [0.1, 0.15) is 5.69 Å². The first-order valence-electron chi connectivity index (χ1n) is 5.52. The van der Waals surface area contributed by atoms with Gasteiger partial charge in [0, 0.05) is 25.2 Å². The Morgan fingerprint density at radius 1 is 1.26 bits per heavy atom. The summed E-state index contributed by atoms with van der Waals surface area (Å²) in [6.07, 6.45) is 0. The second-order valence-corrected chi connectivity index (χ2v) is 6.82. The van der Waals surface area contributed by atoms with Crippen LogP contribution in [0.25, 0.3) is 0 Å². The second kappa shape index (κ2) is 5.64. The average Bonchev–Trinajstić information content (AvgIpc) is 2.90. The Labute approximate surface area is 116 Å². The molecule has 0 aliphatic carbocycles. The molecule has 0 amide bonds. The smallest absolute Gasteiger partial charge is 0.242 e. The fraction of sp³-hybridized carbons (Fsp3) is 0.273. The van der Waals surface area contributed by atoms with E-state index < -0.39 is 10.0 Å². The van der Waals surface area contributed by atoms with Gasteiger partial charge in [0.25, 0.3) is 0 Å². The Morgan fingerprint density at radius 3 is 2.47 bits per heavy atom. The summed E-state index contributed by atoms with van der Waals surface area (Å²) in [6, 6.07) is 6.63. The Hall–Kier alpha value is -1.51. The summed E-state index contributed by atoms with van der Waals surface area (Å²) in [5.74, 6) is 0. The summed E-state index contributed by atoms with van der Waals surface area (Å²) in [4.78, 5) is 0.276. The zero-order valence-corrected chi connectivity index (χ0v) is 12.2. The van der Waals surface area contributed by atoms with Crippen molar-refractivity contribution in [3.63, 3.8) is 0 Å².